The zero-order chi connectivity index (χ0) is 18.7. The van der Waals surface area contributed by atoms with Crippen LogP contribution in [0.4, 0.5) is 0 Å². The van der Waals surface area contributed by atoms with Crippen molar-refractivity contribution in [3.63, 3.8) is 0 Å². The van der Waals surface area contributed by atoms with Crippen LogP contribution >= 0.6 is 0 Å². The van der Waals surface area contributed by atoms with Crippen LogP contribution in [-0.2, 0) is 4.79 Å². The molecule has 0 atom stereocenters. The van der Waals surface area contributed by atoms with E-state index in [-0.39, 0.29) is 5.97 Å². The van der Waals surface area contributed by atoms with Crippen molar-refractivity contribution in [2.75, 3.05) is 7.11 Å². The molecular weight excluding hydrogens is 324 g/mol. The van der Waals surface area contributed by atoms with Gasteiger partial charge in [-0.25, -0.2) is 0 Å². The summed E-state index contributed by atoms with van der Waals surface area (Å²) in [7, 11) is 1.68. The minimum Gasteiger partial charge on any atom is -0.497 e. The number of benzene rings is 3. The second-order valence-corrected chi connectivity index (χ2v) is 6.33. The van der Waals surface area contributed by atoms with Gasteiger partial charge in [0.05, 0.1) is 7.11 Å². The number of hydrogen-bond acceptors (Lipinski definition) is 3. The van der Waals surface area contributed by atoms with Gasteiger partial charge in [-0.2, -0.15) is 0 Å². The van der Waals surface area contributed by atoms with E-state index in [1.165, 1.54) is 23.6 Å². The first-order chi connectivity index (χ1) is 12.5. The first-order valence-corrected chi connectivity index (χ1v) is 8.52. The average Bonchev–Trinajstić information content (AvgIpc) is 2.61. The SMILES string of the molecule is COc1ccc(-c2ccc(-c3ccc(OC(C)=O)cc3C)cc2)c(C)c1. The van der Waals surface area contributed by atoms with E-state index < -0.39 is 0 Å². The van der Waals surface area contributed by atoms with Crippen LogP contribution in [-0.4, -0.2) is 13.1 Å². The number of esters is 1. The molecule has 3 heteroatoms. The lowest BCUT2D eigenvalue weighted by Gasteiger charge is -2.11. The minimum absolute atomic E-state index is 0.309. The van der Waals surface area contributed by atoms with Gasteiger partial charge in [0.2, 0.25) is 0 Å². The van der Waals surface area contributed by atoms with Crippen molar-refractivity contribution in [3.8, 4) is 33.8 Å². The molecular formula is C23H22O3. The molecule has 0 aliphatic heterocycles. The Morgan fingerprint density at radius 1 is 0.731 bits per heavy atom. The number of hydrogen-bond donors (Lipinski definition) is 0. The number of carbonyl (C=O) groups excluding carboxylic acids is 1. The van der Waals surface area contributed by atoms with Gasteiger partial charge < -0.3 is 9.47 Å². The minimum atomic E-state index is -0.309. The van der Waals surface area contributed by atoms with Crippen molar-refractivity contribution < 1.29 is 14.3 Å². The smallest absolute Gasteiger partial charge is 0.308 e. The lowest BCUT2D eigenvalue weighted by molar-refractivity contribution is -0.131. The fourth-order valence-electron chi connectivity index (χ4n) is 3.11. The Hall–Kier alpha value is -3.07. The van der Waals surface area contributed by atoms with Gasteiger partial charge in [0.1, 0.15) is 11.5 Å². The Balaban J connectivity index is 1.89. The first-order valence-electron chi connectivity index (χ1n) is 8.52. The normalized spacial score (nSPS) is 10.5. The van der Waals surface area contributed by atoms with Crippen molar-refractivity contribution in [1.29, 1.82) is 0 Å². The highest BCUT2D eigenvalue weighted by atomic mass is 16.5. The summed E-state index contributed by atoms with van der Waals surface area (Å²) in [6.07, 6.45) is 0. The number of ether oxygens (including phenoxy) is 2. The molecule has 3 aromatic carbocycles. The van der Waals surface area contributed by atoms with Gasteiger partial charge >= 0.3 is 5.97 Å². The fourth-order valence-corrected chi connectivity index (χ4v) is 3.11. The highest BCUT2D eigenvalue weighted by Gasteiger charge is 2.07. The molecule has 0 aliphatic rings. The molecule has 3 rings (SSSR count). The van der Waals surface area contributed by atoms with Crippen molar-refractivity contribution in [1.82, 2.24) is 0 Å². The van der Waals surface area contributed by atoms with E-state index in [2.05, 4.69) is 37.3 Å². The second-order valence-electron chi connectivity index (χ2n) is 6.33. The van der Waals surface area contributed by atoms with E-state index in [0.717, 1.165) is 22.4 Å². The molecule has 0 saturated heterocycles. The van der Waals surface area contributed by atoms with Crippen LogP contribution in [0.15, 0.2) is 60.7 Å². The van der Waals surface area contributed by atoms with Crippen LogP contribution in [0.5, 0.6) is 11.5 Å². The van der Waals surface area contributed by atoms with E-state index >= 15 is 0 Å². The van der Waals surface area contributed by atoms with Gasteiger partial charge in [-0.1, -0.05) is 36.4 Å². The summed E-state index contributed by atoms with van der Waals surface area (Å²) in [4.78, 5) is 11.1. The van der Waals surface area contributed by atoms with Gasteiger partial charge in [0.15, 0.2) is 0 Å². The molecule has 0 aliphatic carbocycles. The lowest BCUT2D eigenvalue weighted by Crippen LogP contribution is -2.01. The molecule has 26 heavy (non-hydrogen) atoms. The molecule has 0 unspecified atom stereocenters. The summed E-state index contributed by atoms with van der Waals surface area (Å²) in [6.45, 7) is 5.51. The average molecular weight is 346 g/mol. The molecule has 0 radical (unpaired) electrons. The molecule has 0 saturated carbocycles. The van der Waals surface area contributed by atoms with Crippen LogP contribution < -0.4 is 9.47 Å². The maximum atomic E-state index is 11.1. The molecule has 3 aromatic rings. The van der Waals surface area contributed by atoms with E-state index in [4.69, 9.17) is 9.47 Å². The van der Waals surface area contributed by atoms with Crippen molar-refractivity contribution in [2.45, 2.75) is 20.8 Å². The first kappa shape index (κ1) is 17.7. The molecule has 0 N–H and O–H groups in total. The molecule has 0 bridgehead atoms. The third kappa shape index (κ3) is 3.77. The summed E-state index contributed by atoms with van der Waals surface area (Å²) in [5, 5.41) is 0. The van der Waals surface area contributed by atoms with Gasteiger partial charge in [-0.15, -0.1) is 0 Å². The summed E-state index contributed by atoms with van der Waals surface area (Å²) in [5.74, 6) is 1.13. The largest absolute Gasteiger partial charge is 0.497 e. The third-order valence-electron chi connectivity index (χ3n) is 4.40. The molecule has 0 amide bonds. The fraction of sp³-hybridized carbons (Fsp3) is 0.174. The van der Waals surface area contributed by atoms with Crippen LogP contribution in [0.1, 0.15) is 18.1 Å². The molecule has 3 nitrogen and oxygen atoms in total. The maximum Gasteiger partial charge on any atom is 0.308 e. The van der Waals surface area contributed by atoms with Crippen LogP contribution in [0.2, 0.25) is 0 Å². The summed E-state index contributed by atoms with van der Waals surface area (Å²) >= 11 is 0. The molecule has 0 heterocycles. The number of aryl methyl sites for hydroxylation is 2. The van der Waals surface area contributed by atoms with Crippen molar-refractivity contribution >= 4 is 5.97 Å². The summed E-state index contributed by atoms with van der Waals surface area (Å²) in [5.41, 5.74) is 6.87. The van der Waals surface area contributed by atoms with Gasteiger partial charge in [-0.05, 0) is 71.5 Å². The number of rotatable bonds is 4. The van der Waals surface area contributed by atoms with Crippen molar-refractivity contribution in [2.24, 2.45) is 0 Å². The maximum absolute atomic E-state index is 11.1. The Kier molecular flexibility index (Phi) is 5.08. The lowest BCUT2D eigenvalue weighted by atomic mass is 9.95. The highest BCUT2D eigenvalue weighted by molar-refractivity contribution is 5.75. The molecule has 0 aromatic heterocycles. The van der Waals surface area contributed by atoms with Crippen LogP contribution in [0.25, 0.3) is 22.3 Å². The number of carbonyl (C=O) groups is 1. The van der Waals surface area contributed by atoms with E-state index in [0.29, 0.717) is 5.75 Å². The Morgan fingerprint density at radius 3 is 1.62 bits per heavy atom. The second kappa shape index (κ2) is 7.44. The number of methoxy groups -OCH3 is 1. The zero-order valence-corrected chi connectivity index (χ0v) is 15.5. The predicted octanol–water partition coefficient (Wildman–Crippen LogP) is 5.57. The van der Waals surface area contributed by atoms with E-state index in [1.54, 1.807) is 7.11 Å². The molecule has 0 spiro atoms. The summed E-state index contributed by atoms with van der Waals surface area (Å²) in [6, 6.07) is 20.3. The standard InChI is InChI=1S/C23H22O3/c1-15-13-20(25-4)9-11-22(15)18-5-7-19(8-6-18)23-12-10-21(14-16(23)2)26-17(3)24/h5-14H,1-4H3. The van der Waals surface area contributed by atoms with Gasteiger partial charge in [0, 0.05) is 6.92 Å². The Labute approximate surface area is 154 Å². The van der Waals surface area contributed by atoms with E-state index in [9.17, 15) is 4.79 Å². The predicted molar refractivity (Wildman–Crippen MR) is 105 cm³/mol. The zero-order valence-electron chi connectivity index (χ0n) is 15.5. The molecule has 132 valence electrons. The van der Waals surface area contributed by atoms with Crippen LogP contribution in [0.3, 0.4) is 0 Å². The topological polar surface area (TPSA) is 35.5 Å². The van der Waals surface area contributed by atoms with Gasteiger partial charge in [-0.3, -0.25) is 4.79 Å². The third-order valence-corrected chi connectivity index (χ3v) is 4.40. The van der Waals surface area contributed by atoms with Gasteiger partial charge in [0.25, 0.3) is 0 Å². The highest BCUT2D eigenvalue weighted by Crippen LogP contribution is 2.31. The summed E-state index contributed by atoms with van der Waals surface area (Å²) < 4.78 is 10.4. The quantitative estimate of drug-likeness (QED) is 0.457. The Bertz CT molecular complexity index is 940. The van der Waals surface area contributed by atoms with Crippen molar-refractivity contribution in [3.05, 3.63) is 71.8 Å². The van der Waals surface area contributed by atoms with E-state index in [1.807, 2.05) is 37.3 Å². The monoisotopic (exact) mass is 346 g/mol. The van der Waals surface area contributed by atoms with Crippen LogP contribution in [0, 0.1) is 13.8 Å². The Morgan fingerprint density at radius 2 is 1.19 bits per heavy atom. The molecule has 0 fully saturated rings.